The number of hydrogen-bond donors (Lipinski definition) is 0. The molecule has 0 unspecified atom stereocenters. The smallest absolute Gasteiger partial charge is 0.194 e. The summed E-state index contributed by atoms with van der Waals surface area (Å²) < 4.78 is 14.5. The number of nitrogens with zero attached hydrogens (tertiary/aromatic N) is 1. The van der Waals surface area contributed by atoms with Gasteiger partial charge in [-0.05, 0) is 122 Å². The Morgan fingerprint density at radius 1 is 0.406 bits per heavy atom. The van der Waals surface area contributed by atoms with E-state index in [0.717, 1.165) is 69.0 Å². The molecule has 0 N–H and O–H groups in total. The fraction of sp³-hybridized carbons (Fsp3) is 0.0492. The van der Waals surface area contributed by atoms with Crippen LogP contribution in [0, 0.1) is 0 Å². The summed E-state index contributed by atoms with van der Waals surface area (Å²) >= 11 is 0. The molecule has 13 rings (SSSR count). The number of hydrogen-bond acceptors (Lipinski definition) is 3. The topological polar surface area (TPSA) is 21.7 Å². The maximum atomic E-state index is 7.28. The first kappa shape index (κ1) is 36.5. The molecule has 0 radical (unpaired) electrons. The van der Waals surface area contributed by atoms with E-state index in [1.54, 1.807) is 0 Å². The summed E-state index contributed by atoms with van der Waals surface area (Å²) in [6.45, 7) is 0. The number of benzene rings is 9. The third kappa shape index (κ3) is 5.41. The summed E-state index contributed by atoms with van der Waals surface area (Å²) in [6, 6.07) is 76.2. The lowest BCUT2D eigenvalue weighted by atomic mass is 9.68. The largest absolute Gasteiger partial charge is 0.449 e. The minimum absolute atomic E-state index is 0.399. The van der Waals surface area contributed by atoms with Crippen LogP contribution >= 0.6 is 0 Å². The maximum absolute atomic E-state index is 7.28. The van der Waals surface area contributed by atoms with E-state index in [1.165, 1.54) is 44.5 Å². The molecule has 3 nitrogen and oxygen atoms in total. The van der Waals surface area contributed by atoms with Crippen LogP contribution in [-0.4, -0.2) is 0 Å². The van der Waals surface area contributed by atoms with Crippen LogP contribution in [0.3, 0.4) is 0 Å². The van der Waals surface area contributed by atoms with Crippen molar-refractivity contribution in [3.05, 3.63) is 252 Å². The molecule has 0 saturated heterocycles. The molecule has 0 aromatic heterocycles. The van der Waals surface area contributed by atoms with Crippen molar-refractivity contribution in [3.63, 3.8) is 0 Å². The van der Waals surface area contributed by atoms with Gasteiger partial charge in [0.1, 0.15) is 0 Å². The lowest BCUT2D eigenvalue weighted by molar-refractivity contribution is 0.359. The molecule has 3 heteroatoms. The highest BCUT2D eigenvalue weighted by atomic mass is 16.6. The Morgan fingerprint density at radius 3 is 1.72 bits per heavy atom. The van der Waals surface area contributed by atoms with Gasteiger partial charge in [-0.15, -0.1) is 0 Å². The van der Waals surface area contributed by atoms with Gasteiger partial charge >= 0.3 is 0 Å². The molecule has 302 valence electrons. The average Bonchev–Trinajstić information content (AvgIpc) is 3.85. The predicted molar refractivity (Wildman–Crippen MR) is 261 cm³/mol. The molecular weight excluding hydrogens is 779 g/mol. The molecule has 0 atom stereocenters. The first-order valence-electron chi connectivity index (χ1n) is 22.2. The van der Waals surface area contributed by atoms with Crippen molar-refractivity contribution in [1.29, 1.82) is 0 Å². The summed E-state index contributed by atoms with van der Waals surface area (Å²) in [7, 11) is 0. The van der Waals surface area contributed by atoms with Gasteiger partial charge in [-0.2, -0.15) is 0 Å². The van der Waals surface area contributed by atoms with E-state index in [-0.39, 0.29) is 0 Å². The molecule has 9 aromatic carbocycles. The zero-order chi connectivity index (χ0) is 42.2. The highest BCUT2D eigenvalue weighted by Crippen LogP contribution is 2.67. The predicted octanol–water partition coefficient (Wildman–Crippen LogP) is 16.5. The van der Waals surface area contributed by atoms with E-state index in [0.29, 0.717) is 17.2 Å². The van der Waals surface area contributed by atoms with Gasteiger partial charge < -0.3 is 14.4 Å². The molecule has 1 spiro atoms. The van der Waals surface area contributed by atoms with Gasteiger partial charge in [0.05, 0.1) is 16.8 Å². The van der Waals surface area contributed by atoms with E-state index in [9.17, 15) is 0 Å². The Morgan fingerprint density at radius 2 is 1.00 bits per heavy atom. The van der Waals surface area contributed by atoms with Gasteiger partial charge in [0, 0.05) is 16.8 Å². The summed E-state index contributed by atoms with van der Waals surface area (Å²) in [4.78, 5) is 2.34. The SMILES string of the molecule is C1=CC2=C(CC1)C1(c3ccccc3-c3ccccc31)c1ccc3c(c12)Oc1cccc(N(c2cccc(-c4ccccc4)c2)c2ccc(-c4ccccc4)cc2-c2ccccc2)c1O3. The van der Waals surface area contributed by atoms with E-state index in [2.05, 4.69) is 223 Å². The Bertz CT molecular complexity index is 3340. The van der Waals surface area contributed by atoms with Crippen molar-refractivity contribution in [2.75, 3.05) is 4.90 Å². The van der Waals surface area contributed by atoms with Crippen LogP contribution in [0.5, 0.6) is 23.0 Å². The zero-order valence-electron chi connectivity index (χ0n) is 35.0. The van der Waals surface area contributed by atoms with Gasteiger partial charge in [-0.1, -0.05) is 182 Å². The van der Waals surface area contributed by atoms with Crippen LogP contribution in [0.15, 0.2) is 230 Å². The van der Waals surface area contributed by atoms with Gasteiger partial charge in [-0.25, -0.2) is 0 Å². The molecule has 0 saturated carbocycles. The van der Waals surface area contributed by atoms with Crippen LogP contribution in [0.1, 0.15) is 35.1 Å². The highest BCUT2D eigenvalue weighted by molar-refractivity contribution is 6.00. The Kier molecular flexibility index (Phi) is 8.26. The molecule has 1 heterocycles. The lowest BCUT2D eigenvalue weighted by Crippen LogP contribution is -2.27. The van der Waals surface area contributed by atoms with Crippen molar-refractivity contribution >= 4 is 22.6 Å². The van der Waals surface area contributed by atoms with Gasteiger partial charge in [0.15, 0.2) is 23.0 Å². The number of para-hydroxylation sites is 1. The van der Waals surface area contributed by atoms with Crippen LogP contribution in [0.25, 0.3) is 50.1 Å². The third-order valence-electron chi connectivity index (χ3n) is 13.6. The lowest BCUT2D eigenvalue weighted by Gasteiger charge is -2.34. The molecule has 0 amide bonds. The Hall–Kier alpha value is -8.14. The normalized spacial score (nSPS) is 14.4. The minimum Gasteiger partial charge on any atom is -0.449 e. The third-order valence-corrected chi connectivity index (χ3v) is 13.6. The Labute approximate surface area is 373 Å². The Balaban J connectivity index is 1.01. The van der Waals surface area contributed by atoms with Crippen molar-refractivity contribution in [3.8, 4) is 67.5 Å². The van der Waals surface area contributed by atoms with E-state index in [4.69, 9.17) is 9.47 Å². The second-order valence-corrected chi connectivity index (χ2v) is 17.0. The standard InChI is InChI=1S/C61H41NO2/c1-4-18-40(19-5-1)43-24-16-25-45(38-43)62(54-36-34-44(41-20-6-2-7-21-41)39-49(54)42-22-8-3-9-23-42)55-32-17-33-56-59(55)63-57-37-35-53-58(60(57)64-56)48-28-12-15-31-52(48)61(53)50-29-13-10-26-46(50)47-27-11-14-30-51(47)61/h1-14,16-30,32-39H,15,31H2. The number of anilines is 3. The van der Waals surface area contributed by atoms with Crippen molar-refractivity contribution < 1.29 is 9.47 Å². The zero-order valence-corrected chi connectivity index (χ0v) is 35.0. The minimum atomic E-state index is -0.399. The number of allylic oxidation sites excluding steroid dienone is 4. The second-order valence-electron chi connectivity index (χ2n) is 17.0. The summed E-state index contributed by atoms with van der Waals surface area (Å²) in [6.07, 6.45) is 6.63. The van der Waals surface area contributed by atoms with Crippen molar-refractivity contribution in [2.45, 2.75) is 18.3 Å². The summed E-state index contributed by atoms with van der Waals surface area (Å²) in [5, 5.41) is 0. The number of ether oxygens (including phenoxy) is 2. The molecule has 4 aliphatic rings. The molecule has 9 aromatic rings. The second kappa shape index (κ2) is 14.5. The van der Waals surface area contributed by atoms with Crippen molar-refractivity contribution in [1.82, 2.24) is 0 Å². The first-order valence-corrected chi connectivity index (χ1v) is 22.2. The number of fused-ring (bicyclic) bond motifs is 12. The van der Waals surface area contributed by atoms with Crippen molar-refractivity contribution in [2.24, 2.45) is 0 Å². The molecule has 1 aliphatic heterocycles. The van der Waals surface area contributed by atoms with Gasteiger partial charge in [-0.3, -0.25) is 0 Å². The van der Waals surface area contributed by atoms with Crippen LogP contribution in [-0.2, 0) is 5.41 Å². The van der Waals surface area contributed by atoms with Gasteiger partial charge in [0.25, 0.3) is 0 Å². The van der Waals surface area contributed by atoms with Crippen LogP contribution in [0.4, 0.5) is 17.1 Å². The van der Waals surface area contributed by atoms with Crippen LogP contribution < -0.4 is 14.4 Å². The molecule has 3 aliphatic carbocycles. The van der Waals surface area contributed by atoms with E-state index < -0.39 is 5.41 Å². The van der Waals surface area contributed by atoms with Gasteiger partial charge in [0.2, 0.25) is 0 Å². The monoisotopic (exact) mass is 819 g/mol. The highest BCUT2D eigenvalue weighted by Gasteiger charge is 2.54. The summed E-state index contributed by atoms with van der Waals surface area (Å²) in [5.74, 6) is 2.83. The average molecular weight is 820 g/mol. The molecular formula is C61H41NO2. The molecule has 64 heavy (non-hydrogen) atoms. The number of rotatable bonds is 6. The molecule has 0 bridgehead atoms. The summed E-state index contributed by atoms with van der Waals surface area (Å²) in [5.41, 5.74) is 19.7. The van der Waals surface area contributed by atoms with E-state index in [1.807, 2.05) is 6.07 Å². The fourth-order valence-corrected chi connectivity index (χ4v) is 11.0. The fourth-order valence-electron chi connectivity index (χ4n) is 11.0. The van der Waals surface area contributed by atoms with Crippen LogP contribution in [0.2, 0.25) is 0 Å². The quantitative estimate of drug-likeness (QED) is 0.167. The molecule has 0 fully saturated rings. The van der Waals surface area contributed by atoms with E-state index >= 15 is 0 Å². The maximum Gasteiger partial charge on any atom is 0.194 e. The first-order chi connectivity index (χ1) is 31.8.